The predicted octanol–water partition coefficient (Wildman–Crippen LogP) is 2.69. The molecule has 2 rings (SSSR count). The zero-order valence-electron chi connectivity index (χ0n) is 7.91. The van der Waals surface area contributed by atoms with E-state index in [1.165, 1.54) is 19.3 Å². The van der Waals surface area contributed by atoms with Gasteiger partial charge in [0.2, 0.25) is 0 Å². The molecule has 1 aromatic rings. The Labute approximate surface area is 83.9 Å². The number of nitrogens with zero attached hydrogens (tertiary/aromatic N) is 2. The van der Waals surface area contributed by atoms with Crippen molar-refractivity contribution in [1.82, 2.24) is 9.55 Å². The first-order valence-corrected chi connectivity index (χ1v) is 5.34. The Bertz CT molecular complexity index is 282. The summed E-state index contributed by atoms with van der Waals surface area (Å²) in [5.41, 5.74) is 0. The molecule has 0 spiro atoms. The number of imidazole rings is 1. The minimum Gasteiger partial charge on any atom is -0.338 e. The standard InChI is InChI=1S/C10H15ClN2/c1-13-7-6-12-10(13)8-4-2-3-5-9(8)11/h6-9H,2-5H2,1H3. The van der Waals surface area contributed by atoms with Gasteiger partial charge in [-0.1, -0.05) is 12.8 Å². The number of alkyl halides is 1. The molecular weight excluding hydrogens is 184 g/mol. The van der Waals surface area contributed by atoms with Gasteiger partial charge >= 0.3 is 0 Å². The van der Waals surface area contributed by atoms with Gasteiger partial charge in [-0.15, -0.1) is 11.6 Å². The van der Waals surface area contributed by atoms with Crippen LogP contribution in [0.5, 0.6) is 0 Å². The van der Waals surface area contributed by atoms with Crippen molar-refractivity contribution >= 4 is 11.6 Å². The molecule has 0 N–H and O–H groups in total. The summed E-state index contributed by atoms with van der Waals surface area (Å²) in [5.74, 6) is 1.62. The summed E-state index contributed by atoms with van der Waals surface area (Å²) in [6.45, 7) is 0. The molecule has 1 aromatic heterocycles. The van der Waals surface area contributed by atoms with E-state index in [9.17, 15) is 0 Å². The Hall–Kier alpha value is -0.500. The largest absolute Gasteiger partial charge is 0.338 e. The van der Waals surface area contributed by atoms with Crippen molar-refractivity contribution in [3.8, 4) is 0 Å². The zero-order valence-corrected chi connectivity index (χ0v) is 8.67. The smallest absolute Gasteiger partial charge is 0.112 e. The maximum Gasteiger partial charge on any atom is 0.112 e. The maximum atomic E-state index is 6.29. The lowest BCUT2D eigenvalue weighted by molar-refractivity contribution is 0.428. The second-order valence-corrected chi connectivity index (χ2v) is 4.36. The van der Waals surface area contributed by atoms with Crippen LogP contribution in [0.4, 0.5) is 0 Å². The van der Waals surface area contributed by atoms with Crippen LogP contribution in [0.15, 0.2) is 12.4 Å². The summed E-state index contributed by atoms with van der Waals surface area (Å²) in [4.78, 5) is 4.37. The molecule has 2 nitrogen and oxygen atoms in total. The topological polar surface area (TPSA) is 17.8 Å². The van der Waals surface area contributed by atoms with E-state index in [0.29, 0.717) is 5.92 Å². The van der Waals surface area contributed by atoms with Crippen molar-refractivity contribution < 1.29 is 0 Å². The van der Waals surface area contributed by atoms with Crippen molar-refractivity contribution in [2.24, 2.45) is 7.05 Å². The van der Waals surface area contributed by atoms with E-state index in [0.717, 1.165) is 12.2 Å². The molecule has 0 aromatic carbocycles. The fraction of sp³-hybridized carbons (Fsp3) is 0.700. The van der Waals surface area contributed by atoms with Crippen molar-refractivity contribution in [2.75, 3.05) is 0 Å². The Morgan fingerprint density at radius 2 is 2.23 bits per heavy atom. The lowest BCUT2D eigenvalue weighted by Crippen LogP contribution is -2.20. The van der Waals surface area contributed by atoms with E-state index in [2.05, 4.69) is 9.55 Å². The van der Waals surface area contributed by atoms with Gasteiger partial charge < -0.3 is 4.57 Å². The molecule has 0 bridgehead atoms. The average Bonchev–Trinajstić information content (AvgIpc) is 2.52. The first-order chi connectivity index (χ1) is 6.29. The van der Waals surface area contributed by atoms with Crippen LogP contribution in [-0.4, -0.2) is 14.9 Å². The molecule has 1 heterocycles. The van der Waals surface area contributed by atoms with E-state index in [4.69, 9.17) is 11.6 Å². The third-order valence-electron chi connectivity index (χ3n) is 2.87. The molecule has 1 aliphatic carbocycles. The van der Waals surface area contributed by atoms with Gasteiger partial charge in [-0.25, -0.2) is 4.98 Å². The fourth-order valence-corrected chi connectivity index (χ4v) is 2.50. The van der Waals surface area contributed by atoms with E-state index in [-0.39, 0.29) is 5.38 Å². The molecule has 0 aliphatic heterocycles. The number of halogens is 1. The third kappa shape index (κ3) is 1.73. The molecule has 2 atom stereocenters. The first kappa shape index (κ1) is 9.07. The van der Waals surface area contributed by atoms with Gasteiger partial charge in [-0.05, 0) is 12.8 Å². The summed E-state index contributed by atoms with van der Waals surface area (Å²) in [6.07, 6.45) is 8.75. The number of aromatic nitrogens is 2. The second-order valence-electron chi connectivity index (χ2n) is 3.80. The molecule has 0 radical (unpaired) electrons. The van der Waals surface area contributed by atoms with Gasteiger partial charge in [0.1, 0.15) is 5.82 Å². The third-order valence-corrected chi connectivity index (χ3v) is 3.39. The quantitative estimate of drug-likeness (QED) is 0.635. The molecular formula is C10H15ClN2. The Morgan fingerprint density at radius 3 is 2.85 bits per heavy atom. The molecule has 1 aliphatic rings. The molecule has 3 heteroatoms. The molecule has 1 fully saturated rings. The molecule has 2 unspecified atom stereocenters. The number of rotatable bonds is 1. The van der Waals surface area contributed by atoms with Crippen LogP contribution < -0.4 is 0 Å². The lowest BCUT2D eigenvalue weighted by Gasteiger charge is -2.26. The fourth-order valence-electron chi connectivity index (χ4n) is 2.11. The van der Waals surface area contributed by atoms with Gasteiger partial charge in [0.05, 0.1) is 0 Å². The molecule has 72 valence electrons. The van der Waals surface area contributed by atoms with Crippen molar-refractivity contribution in [2.45, 2.75) is 37.0 Å². The van der Waals surface area contributed by atoms with Crippen molar-refractivity contribution in [1.29, 1.82) is 0 Å². The molecule has 1 saturated carbocycles. The van der Waals surface area contributed by atoms with Crippen LogP contribution in [-0.2, 0) is 7.05 Å². The number of hydrogen-bond donors (Lipinski definition) is 0. The van der Waals surface area contributed by atoms with E-state index >= 15 is 0 Å². The van der Waals surface area contributed by atoms with E-state index in [1.807, 2.05) is 19.4 Å². The molecule has 0 amide bonds. The van der Waals surface area contributed by atoms with E-state index in [1.54, 1.807) is 0 Å². The van der Waals surface area contributed by atoms with Crippen LogP contribution in [0, 0.1) is 0 Å². The minimum atomic E-state index is 0.287. The summed E-state index contributed by atoms with van der Waals surface area (Å²) in [6, 6.07) is 0. The molecule has 0 saturated heterocycles. The maximum absolute atomic E-state index is 6.29. The van der Waals surface area contributed by atoms with Crippen LogP contribution in [0.25, 0.3) is 0 Å². The highest BCUT2D eigenvalue weighted by atomic mass is 35.5. The number of aryl methyl sites for hydroxylation is 1. The van der Waals surface area contributed by atoms with Gasteiger partial charge in [-0.3, -0.25) is 0 Å². The Morgan fingerprint density at radius 1 is 1.46 bits per heavy atom. The predicted molar refractivity (Wildman–Crippen MR) is 54.1 cm³/mol. The van der Waals surface area contributed by atoms with Crippen LogP contribution in [0.2, 0.25) is 0 Å². The average molecular weight is 199 g/mol. The van der Waals surface area contributed by atoms with Crippen LogP contribution in [0.3, 0.4) is 0 Å². The first-order valence-electron chi connectivity index (χ1n) is 4.90. The highest BCUT2D eigenvalue weighted by molar-refractivity contribution is 6.21. The summed E-state index contributed by atoms with van der Waals surface area (Å²) < 4.78 is 2.09. The highest BCUT2D eigenvalue weighted by Gasteiger charge is 2.27. The zero-order chi connectivity index (χ0) is 9.26. The summed E-state index contributed by atoms with van der Waals surface area (Å²) in [5, 5.41) is 0.287. The minimum absolute atomic E-state index is 0.287. The highest BCUT2D eigenvalue weighted by Crippen LogP contribution is 2.35. The van der Waals surface area contributed by atoms with Crippen LogP contribution >= 0.6 is 11.6 Å². The molecule has 13 heavy (non-hydrogen) atoms. The second kappa shape index (κ2) is 3.70. The van der Waals surface area contributed by atoms with E-state index < -0.39 is 0 Å². The Balaban J connectivity index is 2.19. The van der Waals surface area contributed by atoms with Crippen LogP contribution in [0.1, 0.15) is 37.4 Å². The van der Waals surface area contributed by atoms with Gasteiger partial charge in [0, 0.05) is 30.7 Å². The lowest BCUT2D eigenvalue weighted by atomic mass is 9.88. The Kier molecular flexibility index (Phi) is 2.58. The monoisotopic (exact) mass is 198 g/mol. The summed E-state index contributed by atoms with van der Waals surface area (Å²) >= 11 is 6.29. The SMILES string of the molecule is Cn1ccnc1C1CCCCC1Cl. The van der Waals surface area contributed by atoms with Gasteiger partial charge in [0.25, 0.3) is 0 Å². The van der Waals surface area contributed by atoms with Crippen molar-refractivity contribution in [3.63, 3.8) is 0 Å². The van der Waals surface area contributed by atoms with Gasteiger partial charge in [-0.2, -0.15) is 0 Å². The van der Waals surface area contributed by atoms with Gasteiger partial charge in [0.15, 0.2) is 0 Å². The van der Waals surface area contributed by atoms with Crippen molar-refractivity contribution in [3.05, 3.63) is 18.2 Å². The number of hydrogen-bond acceptors (Lipinski definition) is 1. The normalized spacial score (nSPS) is 29.1. The summed E-state index contributed by atoms with van der Waals surface area (Å²) in [7, 11) is 2.04.